The summed E-state index contributed by atoms with van der Waals surface area (Å²) in [6, 6.07) is 7.22. The van der Waals surface area contributed by atoms with Crippen molar-refractivity contribution in [3.8, 4) is 0 Å². The smallest absolute Gasteiger partial charge is 0.243 e. The van der Waals surface area contributed by atoms with Gasteiger partial charge in [0.2, 0.25) is 10.0 Å². The molecule has 1 aliphatic rings. The Balaban J connectivity index is 2.26. The van der Waals surface area contributed by atoms with Crippen LogP contribution in [0.1, 0.15) is 45.6 Å². The van der Waals surface area contributed by atoms with Crippen molar-refractivity contribution >= 4 is 10.0 Å². The van der Waals surface area contributed by atoms with Crippen LogP contribution >= 0.6 is 0 Å². The Hall–Kier alpha value is -0.910. The molecule has 0 aliphatic carbocycles. The molecule has 1 atom stereocenters. The molecule has 1 heterocycles. The third-order valence-corrected chi connectivity index (χ3v) is 6.04. The van der Waals surface area contributed by atoms with Crippen LogP contribution in [0.15, 0.2) is 29.2 Å². The number of hydrogen-bond acceptors (Lipinski definition) is 3. The second-order valence-electron chi connectivity index (χ2n) is 6.70. The van der Waals surface area contributed by atoms with Gasteiger partial charge in [-0.2, -0.15) is 4.31 Å². The molecule has 1 aliphatic heterocycles. The van der Waals surface area contributed by atoms with Crippen molar-refractivity contribution in [2.45, 2.75) is 51.0 Å². The molecular weight excluding hydrogens is 298 g/mol. The Bertz CT molecular complexity index is 578. The number of ether oxygens (including phenoxy) is 1. The highest BCUT2D eigenvalue weighted by atomic mass is 32.2. The highest BCUT2D eigenvalue weighted by Crippen LogP contribution is 2.25. The van der Waals surface area contributed by atoms with Gasteiger partial charge in [-0.25, -0.2) is 8.42 Å². The quantitative estimate of drug-likeness (QED) is 0.835. The Labute approximate surface area is 134 Å². The van der Waals surface area contributed by atoms with Crippen molar-refractivity contribution in [1.29, 1.82) is 0 Å². The Morgan fingerprint density at radius 1 is 1.18 bits per heavy atom. The molecule has 0 amide bonds. The summed E-state index contributed by atoms with van der Waals surface area (Å²) in [5.74, 6) is 0.835. The molecule has 4 nitrogen and oxygen atoms in total. The van der Waals surface area contributed by atoms with Crippen LogP contribution in [0, 0.1) is 5.92 Å². The largest absolute Gasteiger partial charge is 0.378 e. The molecule has 124 valence electrons. The predicted molar refractivity (Wildman–Crippen MR) is 88.5 cm³/mol. The van der Waals surface area contributed by atoms with Gasteiger partial charge in [-0.15, -0.1) is 0 Å². The highest BCUT2D eigenvalue weighted by Gasteiger charge is 2.34. The van der Waals surface area contributed by atoms with E-state index in [-0.39, 0.29) is 6.04 Å². The van der Waals surface area contributed by atoms with Crippen LogP contribution in [0.25, 0.3) is 0 Å². The lowest BCUT2D eigenvalue weighted by atomic mass is 10.0. The summed E-state index contributed by atoms with van der Waals surface area (Å²) in [6.45, 7) is 9.81. The van der Waals surface area contributed by atoms with Gasteiger partial charge in [-0.3, -0.25) is 0 Å². The number of benzene rings is 1. The van der Waals surface area contributed by atoms with Gasteiger partial charge in [0.15, 0.2) is 0 Å². The van der Waals surface area contributed by atoms with E-state index in [1.807, 2.05) is 12.1 Å². The van der Waals surface area contributed by atoms with Crippen molar-refractivity contribution in [2.75, 3.05) is 19.8 Å². The fourth-order valence-electron chi connectivity index (χ4n) is 2.85. The van der Waals surface area contributed by atoms with Gasteiger partial charge < -0.3 is 4.74 Å². The van der Waals surface area contributed by atoms with Gasteiger partial charge >= 0.3 is 0 Å². The molecule has 0 saturated carbocycles. The standard InChI is InChI=1S/C17H27NO3S/c1-13(2)11-16-12-21-10-9-18(16)22(19,20)17-7-5-15(6-8-17)14(3)4/h5-8,13-14,16H,9-12H2,1-4H3. The second kappa shape index (κ2) is 7.11. The number of sulfonamides is 1. The fraction of sp³-hybridized carbons (Fsp3) is 0.647. The summed E-state index contributed by atoms with van der Waals surface area (Å²) in [5.41, 5.74) is 1.15. The molecule has 0 aromatic heterocycles. The summed E-state index contributed by atoms with van der Waals surface area (Å²) in [5, 5.41) is 0. The van der Waals surface area contributed by atoms with E-state index >= 15 is 0 Å². The predicted octanol–water partition coefficient (Wildman–Crippen LogP) is 3.25. The lowest BCUT2D eigenvalue weighted by Crippen LogP contribution is -2.49. The molecule has 1 fully saturated rings. The molecule has 2 rings (SSSR count). The van der Waals surface area contributed by atoms with E-state index in [9.17, 15) is 8.42 Å². The zero-order valence-electron chi connectivity index (χ0n) is 14.0. The second-order valence-corrected chi connectivity index (χ2v) is 8.59. The van der Waals surface area contributed by atoms with Gasteiger partial charge in [-0.1, -0.05) is 39.8 Å². The molecule has 22 heavy (non-hydrogen) atoms. The van der Waals surface area contributed by atoms with E-state index in [0.29, 0.717) is 36.5 Å². The first kappa shape index (κ1) is 17.4. The zero-order chi connectivity index (χ0) is 16.3. The minimum Gasteiger partial charge on any atom is -0.378 e. The lowest BCUT2D eigenvalue weighted by Gasteiger charge is -2.35. The van der Waals surface area contributed by atoms with Gasteiger partial charge in [0.1, 0.15) is 0 Å². The highest BCUT2D eigenvalue weighted by molar-refractivity contribution is 7.89. The van der Waals surface area contributed by atoms with Gasteiger partial charge in [0.25, 0.3) is 0 Å². The van der Waals surface area contributed by atoms with E-state index in [2.05, 4.69) is 27.7 Å². The van der Waals surface area contributed by atoms with E-state index in [4.69, 9.17) is 4.74 Å². The molecule has 1 aromatic rings. The molecule has 1 saturated heterocycles. The third kappa shape index (κ3) is 3.89. The first-order valence-corrected chi connectivity index (χ1v) is 9.46. The molecule has 0 bridgehead atoms. The van der Waals surface area contributed by atoms with E-state index in [0.717, 1.165) is 12.0 Å². The number of rotatable bonds is 5. The topological polar surface area (TPSA) is 46.6 Å². The Morgan fingerprint density at radius 2 is 1.82 bits per heavy atom. The molecular formula is C17H27NO3S. The zero-order valence-corrected chi connectivity index (χ0v) is 14.8. The normalized spacial score (nSPS) is 20.7. The van der Waals surface area contributed by atoms with Crippen molar-refractivity contribution in [1.82, 2.24) is 4.31 Å². The SMILES string of the molecule is CC(C)CC1COCCN1S(=O)(=O)c1ccc(C(C)C)cc1. The molecule has 0 N–H and O–H groups in total. The maximum atomic E-state index is 12.9. The maximum absolute atomic E-state index is 12.9. The number of morpholine rings is 1. The van der Waals surface area contributed by atoms with Crippen molar-refractivity contribution in [2.24, 2.45) is 5.92 Å². The van der Waals surface area contributed by atoms with Gasteiger partial charge in [0.05, 0.1) is 18.1 Å². The van der Waals surface area contributed by atoms with E-state index < -0.39 is 10.0 Å². The van der Waals surface area contributed by atoms with Crippen LogP contribution in [-0.2, 0) is 14.8 Å². The average molecular weight is 325 g/mol. The van der Waals surface area contributed by atoms with Gasteiger partial charge in [0, 0.05) is 12.6 Å². The molecule has 5 heteroatoms. The van der Waals surface area contributed by atoms with Crippen molar-refractivity contribution < 1.29 is 13.2 Å². The lowest BCUT2D eigenvalue weighted by molar-refractivity contribution is 0.0254. The van der Waals surface area contributed by atoms with Crippen LogP contribution in [-0.4, -0.2) is 38.5 Å². The van der Waals surface area contributed by atoms with Crippen molar-refractivity contribution in [3.05, 3.63) is 29.8 Å². The summed E-state index contributed by atoms with van der Waals surface area (Å²) < 4.78 is 33.0. The summed E-state index contributed by atoms with van der Waals surface area (Å²) in [6.07, 6.45) is 0.823. The van der Waals surface area contributed by atoms with Crippen LogP contribution in [0.2, 0.25) is 0 Å². The maximum Gasteiger partial charge on any atom is 0.243 e. The summed E-state index contributed by atoms with van der Waals surface area (Å²) in [4.78, 5) is 0.382. The minimum absolute atomic E-state index is 0.0662. The third-order valence-electron chi connectivity index (χ3n) is 4.07. The number of hydrogen-bond donors (Lipinski definition) is 0. The molecule has 0 spiro atoms. The molecule has 0 radical (unpaired) electrons. The van der Waals surface area contributed by atoms with Crippen LogP contribution in [0.5, 0.6) is 0 Å². The Kier molecular flexibility index (Phi) is 5.64. The fourth-order valence-corrected chi connectivity index (χ4v) is 4.45. The summed E-state index contributed by atoms with van der Waals surface area (Å²) in [7, 11) is -3.45. The molecule has 1 aromatic carbocycles. The summed E-state index contributed by atoms with van der Waals surface area (Å²) >= 11 is 0. The van der Waals surface area contributed by atoms with Crippen LogP contribution in [0.4, 0.5) is 0 Å². The Morgan fingerprint density at radius 3 is 2.36 bits per heavy atom. The van der Waals surface area contributed by atoms with E-state index in [1.165, 1.54) is 0 Å². The molecule has 1 unspecified atom stereocenters. The van der Waals surface area contributed by atoms with Crippen molar-refractivity contribution in [3.63, 3.8) is 0 Å². The average Bonchev–Trinajstić information content (AvgIpc) is 2.47. The minimum atomic E-state index is -3.45. The first-order chi connectivity index (χ1) is 10.3. The number of nitrogens with zero attached hydrogens (tertiary/aromatic N) is 1. The van der Waals surface area contributed by atoms with E-state index in [1.54, 1.807) is 16.4 Å². The van der Waals surface area contributed by atoms with Crippen LogP contribution in [0.3, 0.4) is 0 Å². The van der Waals surface area contributed by atoms with Crippen LogP contribution < -0.4 is 0 Å². The van der Waals surface area contributed by atoms with Gasteiger partial charge in [-0.05, 0) is 36.0 Å². The monoisotopic (exact) mass is 325 g/mol. The first-order valence-electron chi connectivity index (χ1n) is 8.02.